The lowest BCUT2D eigenvalue weighted by Gasteiger charge is -2.35. The first kappa shape index (κ1) is 17.4. The van der Waals surface area contributed by atoms with Crippen LogP contribution in [-0.4, -0.2) is 43.3 Å². The van der Waals surface area contributed by atoms with E-state index in [0.717, 1.165) is 59.8 Å². The molecular formula is C21H24N4O2. The van der Waals surface area contributed by atoms with Crippen molar-refractivity contribution in [2.75, 3.05) is 37.5 Å². The van der Waals surface area contributed by atoms with Gasteiger partial charge in [-0.05, 0) is 25.0 Å². The summed E-state index contributed by atoms with van der Waals surface area (Å²) in [4.78, 5) is 11.3. The predicted octanol–water partition coefficient (Wildman–Crippen LogP) is 3.73. The number of benzene rings is 2. The molecule has 1 unspecified atom stereocenters. The van der Waals surface area contributed by atoms with E-state index in [9.17, 15) is 0 Å². The first-order valence-corrected chi connectivity index (χ1v) is 9.21. The van der Waals surface area contributed by atoms with Crippen LogP contribution in [-0.2, 0) is 0 Å². The van der Waals surface area contributed by atoms with Gasteiger partial charge in [-0.25, -0.2) is 9.97 Å². The van der Waals surface area contributed by atoms with Crippen LogP contribution in [0.5, 0.6) is 11.5 Å². The summed E-state index contributed by atoms with van der Waals surface area (Å²) < 4.78 is 10.8. The summed E-state index contributed by atoms with van der Waals surface area (Å²) in [5, 5.41) is 4.73. The fourth-order valence-corrected chi connectivity index (χ4v) is 3.66. The van der Waals surface area contributed by atoms with E-state index in [-0.39, 0.29) is 0 Å². The molecular weight excluding hydrogens is 340 g/mol. The van der Waals surface area contributed by atoms with Crippen LogP contribution in [0.2, 0.25) is 0 Å². The van der Waals surface area contributed by atoms with Crippen molar-refractivity contribution < 1.29 is 9.47 Å². The smallest absolute Gasteiger partial charge is 0.139 e. The third-order valence-corrected chi connectivity index (χ3v) is 4.96. The number of nitrogens with one attached hydrogen (secondary N) is 1. The van der Waals surface area contributed by atoms with Crippen LogP contribution >= 0.6 is 0 Å². The molecule has 6 heteroatoms. The van der Waals surface area contributed by atoms with Gasteiger partial charge in [-0.2, -0.15) is 0 Å². The molecule has 1 N–H and O–H groups in total. The van der Waals surface area contributed by atoms with Crippen LogP contribution in [0.25, 0.3) is 10.9 Å². The van der Waals surface area contributed by atoms with Gasteiger partial charge in [-0.1, -0.05) is 12.1 Å². The van der Waals surface area contributed by atoms with Crippen LogP contribution in [0.1, 0.15) is 12.8 Å². The van der Waals surface area contributed by atoms with Gasteiger partial charge in [0.15, 0.2) is 0 Å². The molecule has 27 heavy (non-hydrogen) atoms. The Hall–Kier alpha value is -3.02. The van der Waals surface area contributed by atoms with Gasteiger partial charge in [0.2, 0.25) is 0 Å². The third kappa shape index (κ3) is 3.74. The van der Waals surface area contributed by atoms with Gasteiger partial charge in [0, 0.05) is 48.4 Å². The van der Waals surface area contributed by atoms with Crippen molar-refractivity contribution in [3.8, 4) is 11.5 Å². The zero-order valence-corrected chi connectivity index (χ0v) is 15.7. The largest absolute Gasteiger partial charge is 0.497 e. The molecule has 0 amide bonds. The summed E-state index contributed by atoms with van der Waals surface area (Å²) in [6, 6.07) is 14.4. The van der Waals surface area contributed by atoms with Gasteiger partial charge in [0.1, 0.15) is 23.6 Å². The fourth-order valence-electron chi connectivity index (χ4n) is 3.66. The lowest BCUT2D eigenvalue weighted by Crippen LogP contribution is -2.42. The maximum absolute atomic E-state index is 5.38. The van der Waals surface area contributed by atoms with Gasteiger partial charge < -0.3 is 19.7 Å². The molecule has 2 heterocycles. The first-order chi connectivity index (χ1) is 13.3. The minimum Gasteiger partial charge on any atom is -0.497 e. The van der Waals surface area contributed by atoms with Gasteiger partial charge in [-0.15, -0.1) is 0 Å². The van der Waals surface area contributed by atoms with Crippen LogP contribution in [0.15, 0.2) is 48.8 Å². The van der Waals surface area contributed by atoms with Crippen LogP contribution in [0.4, 0.5) is 11.5 Å². The number of nitrogens with zero attached hydrogens (tertiary/aromatic N) is 3. The molecule has 1 aliphatic heterocycles. The Morgan fingerprint density at radius 1 is 1.04 bits per heavy atom. The number of piperidine rings is 1. The van der Waals surface area contributed by atoms with E-state index in [4.69, 9.17) is 9.47 Å². The summed E-state index contributed by atoms with van der Waals surface area (Å²) in [6.07, 6.45) is 3.87. The predicted molar refractivity (Wildman–Crippen MR) is 108 cm³/mol. The average molecular weight is 364 g/mol. The van der Waals surface area contributed by atoms with E-state index in [1.54, 1.807) is 20.5 Å². The van der Waals surface area contributed by atoms with Crippen molar-refractivity contribution >= 4 is 22.4 Å². The van der Waals surface area contributed by atoms with Crippen LogP contribution in [0.3, 0.4) is 0 Å². The molecule has 1 saturated heterocycles. The van der Waals surface area contributed by atoms with Gasteiger partial charge in [0.25, 0.3) is 0 Å². The summed E-state index contributed by atoms with van der Waals surface area (Å²) in [6.45, 7) is 1.89. The quantitative estimate of drug-likeness (QED) is 0.744. The van der Waals surface area contributed by atoms with E-state index >= 15 is 0 Å². The van der Waals surface area contributed by atoms with Gasteiger partial charge in [0.05, 0.1) is 19.7 Å². The second-order valence-corrected chi connectivity index (χ2v) is 6.75. The van der Waals surface area contributed by atoms with E-state index in [1.807, 2.05) is 36.4 Å². The van der Waals surface area contributed by atoms with E-state index in [2.05, 4.69) is 26.3 Å². The third-order valence-electron chi connectivity index (χ3n) is 4.96. The fraction of sp³-hybridized carbons (Fsp3) is 0.333. The molecule has 0 spiro atoms. The molecule has 140 valence electrons. The highest BCUT2D eigenvalue weighted by Gasteiger charge is 2.22. The zero-order chi connectivity index (χ0) is 18.6. The van der Waals surface area contributed by atoms with E-state index in [1.165, 1.54) is 0 Å². The summed E-state index contributed by atoms with van der Waals surface area (Å²) in [5.74, 6) is 2.58. The highest BCUT2D eigenvalue weighted by molar-refractivity contribution is 5.89. The summed E-state index contributed by atoms with van der Waals surface area (Å²) in [7, 11) is 3.34. The van der Waals surface area contributed by atoms with Crippen LogP contribution in [0, 0.1) is 0 Å². The molecule has 1 aliphatic rings. The number of aromatic nitrogens is 2. The Labute approximate surface area is 159 Å². The molecule has 0 radical (unpaired) electrons. The standard InChI is InChI=1S/C21H24N4O2/c1-26-17-10-16(11-18(12-17)27-2)24-15-6-5-9-25(13-15)21-19-7-3-4-8-20(19)22-14-23-21/h3-4,7-8,10-12,14-15,24H,5-6,9,13H2,1-2H3. The number of hydrogen-bond donors (Lipinski definition) is 1. The lowest BCUT2D eigenvalue weighted by atomic mass is 10.0. The second kappa shape index (κ2) is 7.70. The average Bonchev–Trinajstić information content (AvgIpc) is 2.73. The number of fused-ring (bicyclic) bond motifs is 1. The number of rotatable bonds is 5. The number of methoxy groups -OCH3 is 2. The Morgan fingerprint density at radius 2 is 1.81 bits per heavy atom. The van der Waals surface area contributed by atoms with Gasteiger partial charge >= 0.3 is 0 Å². The molecule has 6 nitrogen and oxygen atoms in total. The Balaban J connectivity index is 1.55. The van der Waals surface area contributed by atoms with Crippen molar-refractivity contribution in [1.29, 1.82) is 0 Å². The number of para-hydroxylation sites is 1. The van der Waals surface area contributed by atoms with Crippen molar-refractivity contribution in [1.82, 2.24) is 9.97 Å². The molecule has 4 rings (SSSR count). The van der Waals surface area contributed by atoms with Gasteiger partial charge in [-0.3, -0.25) is 0 Å². The van der Waals surface area contributed by atoms with Crippen LogP contribution < -0.4 is 19.7 Å². The molecule has 0 aliphatic carbocycles. The summed E-state index contributed by atoms with van der Waals surface area (Å²) >= 11 is 0. The SMILES string of the molecule is COc1cc(NC2CCCN(c3ncnc4ccccc34)C2)cc(OC)c1. The van der Waals surface area contributed by atoms with Crippen molar-refractivity contribution in [2.24, 2.45) is 0 Å². The van der Waals surface area contributed by atoms with E-state index in [0.29, 0.717) is 6.04 Å². The highest BCUT2D eigenvalue weighted by Crippen LogP contribution is 2.29. The molecule has 0 saturated carbocycles. The topological polar surface area (TPSA) is 59.5 Å². The first-order valence-electron chi connectivity index (χ1n) is 9.21. The molecule has 0 bridgehead atoms. The zero-order valence-electron chi connectivity index (χ0n) is 15.7. The highest BCUT2D eigenvalue weighted by atomic mass is 16.5. The maximum atomic E-state index is 5.38. The molecule has 2 aromatic carbocycles. The minimum absolute atomic E-state index is 0.323. The number of ether oxygens (including phenoxy) is 2. The summed E-state index contributed by atoms with van der Waals surface area (Å²) in [5.41, 5.74) is 1.99. The number of hydrogen-bond acceptors (Lipinski definition) is 6. The molecule has 1 fully saturated rings. The van der Waals surface area contributed by atoms with E-state index < -0.39 is 0 Å². The monoisotopic (exact) mass is 364 g/mol. The molecule has 3 aromatic rings. The molecule has 1 aromatic heterocycles. The number of anilines is 2. The van der Waals surface area contributed by atoms with Crippen molar-refractivity contribution in [3.05, 3.63) is 48.8 Å². The van der Waals surface area contributed by atoms with Crippen molar-refractivity contribution in [2.45, 2.75) is 18.9 Å². The Bertz CT molecular complexity index is 903. The Morgan fingerprint density at radius 3 is 2.59 bits per heavy atom. The minimum atomic E-state index is 0.323. The maximum Gasteiger partial charge on any atom is 0.139 e. The second-order valence-electron chi connectivity index (χ2n) is 6.75. The normalized spacial score (nSPS) is 17.0. The Kier molecular flexibility index (Phi) is 4.96. The van der Waals surface area contributed by atoms with Crippen molar-refractivity contribution in [3.63, 3.8) is 0 Å². The molecule has 1 atom stereocenters. The lowest BCUT2D eigenvalue weighted by molar-refractivity contribution is 0.394.